The second kappa shape index (κ2) is 6.77. The van der Waals surface area contributed by atoms with Crippen LogP contribution in [0.5, 0.6) is 0 Å². The van der Waals surface area contributed by atoms with Crippen molar-refractivity contribution in [1.29, 1.82) is 0 Å². The molecule has 1 aliphatic rings. The molecule has 0 aromatic heterocycles. The predicted octanol–water partition coefficient (Wildman–Crippen LogP) is 2.30. The van der Waals surface area contributed by atoms with Crippen LogP contribution in [0.4, 0.5) is 0 Å². The van der Waals surface area contributed by atoms with Crippen LogP contribution < -0.4 is 5.32 Å². The highest BCUT2D eigenvalue weighted by atomic mass is 15.1. The van der Waals surface area contributed by atoms with Crippen LogP contribution in [0, 0.1) is 0 Å². The third-order valence-corrected chi connectivity index (χ3v) is 3.50. The lowest BCUT2D eigenvalue weighted by atomic mass is 10.0. The molecule has 2 heteroatoms. The summed E-state index contributed by atoms with van der Waals surface area (Å²) in [6, 6.07) is 11.0. The highest BCUT2D eigenvalue weighted by molar-refractivity contribution is 5.14. The van der Waals surface area contributed by atoms with Gasteiger partial charge in [-0.1, -0.05) is 37.2 Å². The van der Waals surface area contributed by atoms with E-state index in [0.717, 1.165) is 38.9 Å². The van der Waals surface area contributed by atoms with Crippen molar-refractivity contribution in [1.82, 2.24) is 10.2 Å². The first-order chi connectivity index (χ1) is 9.53. The number of hydrogen-bond donors (Lipinski definition) is 1. The summed E-state index contributed by atoms with van der Waals surface area (Å²) in [6.45, 7) is 1.17. The smallest absolute Gasteiger partial charge is 0.0243 e. The standard InChI is InChI=1S/C15H24N2/c1-2-17-12-9-15(10-13-17)16-11-8-14-6-4-3-5-7-14/h3-7,15-16H,2,8-13H2,1H3/i1D3. The minimum atomic E-state index is -1.83. The Kier molecular flexibility index (Phi) is 3.63. The molecule has 17 heavy (non-hydrogen) atoms. The van der Waals surface area contributed by atoms with E-state index in [1.54, 1.807) is 0 Å². The molecule has 2 rings (SSSR count). The van der Waals surface area contributed by atoms with E-state index < -0.39 is 6.85 Å². The Hall–Kier alpha value is -0.860. The Morgan fingerprint density at radius 2 is 2.06 bits per heavy atom. The minimum Gasteiger partial charge on any atom is -0.314 e. The summed E-state index contributed by atoms with van der Waals surface area (Å²) in [6.07, 6.45) is 3.14. The minimum absolute atomic E-state index is 0.226. The highest BCUT2D eigenvalue weighted by Crippen LogP contribution is 2.09. The molecule has 1 aromatic rings. The van der Waals surface area contributed by atoms with Gasteiger partial charge in [-0.3, -0.25) is 0 Å². The molecule has 1 aromatic carbocycles. The van der Waals surface area contributed by atoms with Crippen molar-refractivity contribution in [3.63, 3.8) is 0 Å². The van der Waals surface area contributed by atoms with Crippen molar-refractivity contribution in [2.24, 2.45) is 0 Å². The molecule has 0 radical (unpaired) electrons. The maximum absolute atomic E-state index is 7.30. The first-order valence-corrected chi connectivity index (χ1v) is 6.53. The zero-order valence-electron chi connectivity index (χ0n) is 13.4. The van der Waals surface area contributed by atoms with Crippen LogP contribution in [0.2, 0.25) is 0 Å². The quantitative estimate of drug-likeness (QED) is 0.842. The lowest BCUT2D eigenvalue weighted by Gasteiger charge is -2.31. The fourth-order valence-electron chi connectivity index (χ4n) is 2.36. The van der Waals surface area contributed by atoms with Crippen LogP contribution in [-0.2, 0) is 6.42 Å². The summed E-state index contributed by atoms with van der Waals surface area (Å²) in [5.74, 6) is 0. The number of nitrogens with zero attached hydrogens (tertiary/aromatic N) is 1. The zero-order valence-corrected chi connectivity index (χ0v) is 10.4. The molecule has 2 nitrogen and oxygen atoms in total. The SMILES string of the molecule is [2H]C([2H])([2H])CN1CCC(NCCc2ccccc2)CC1. The first kappa shape index (κ1) is 9.12. The second-order valence-corrected chi connectivity index (χ2v) is 4.74. The Balaban J connectivity index is 1.62. The molecule has 0 aliphatic carbocycles. The van der Waals surface area contributed by atoms with Gasteiger partial charge in [0.05, 0.1) is 0 Å². The first-order valence-electron chi connectivity index (χ1n) is 8.03. The highest BCUT2D eigenvalue weighted by Gasteiger charge is 2.16. The summed E-state index contributed by atoms with van der Waals surface area (Å²) in [5, 5.41) is 3.59. The van der Waals surface area contributed by atoms with Gasteiger partial charge >= 0.3 is 0 Å². The van der Waals surface area contributed by atoms with Gasteiger partial charge in [-0.15, -0.1) is 0 Å². The molecule has 1 heterocycles. The molecule has 0 amide bonds. The summed E-state index contributed by atoms with van der Waals surface area (Å²) < 4.78 is 21.9. The lowest BCUT2D eigenvalue weighted by Crippen LogP contribution is -2.42. The Morgan fingerprint density at radius 3 is 2.76 bits per heavy atom. The third-order valence-electron chi connectivity index (χ3n) is 3.50. The maximum atomic E-state index is 7.30. The second-order valence-electron chi connectivity index (χ2n) is 4.74. The fraction of sp³-hybridized carbons (Fsp3) is 0.600. The van der Waals surface area contributed by atoms with Crippen molar-refractivity contribution < 1.29 is 4.11 Å². The van der Waals surface area contributed by atoms with Gasteiger partial charge in [-0.25, -0.2) is 0 Å². The molecule has 0 spiro atoms. The Bertz CT molecular complexity index is 384. The Morgan fingerprint density at radius 1 is 1.29 bits per heavy atom. The molecule has 1 saturated heterocycles. The number of piperidine rings is 1. The van der Waals surface area contributed by atoms with Gasteiger partial charge in [0, 0.05) is 10.2 Å². The third kappa shape index (κ3) is 4.14. The number of hydrogen-bond acceptors (Lipinski definition) is 2. The van der Waals surface area contributed by atoms with Crippen molar-refractivity contribution in [3.05, 3.63) is 35.9 Å². The van der Waals surface area contributed by atoms with Gasteiger partial charge in [0.2, 0.25) is 0 Å². The predicted molar refractivity (Wildman–Crippen MR) is 73.3 cm³/mol. The molecular weight excluding hydrogens is 208 g/mol. The van der Waals surface area contributed by atoms with Gasteiger partial charge in [0.15, 0.2) is 0 Å². The zero-order chi connectivity index (χ0) is 14.4. The van der Waals surface area contributed by atoms with Crippen LogP contribution in [0.1, 0.15) is 29.4 Å². The van der Waals surface area contributed by atoms with Crippen molar-refractivity contribution in [2.45, 2.75) is 32.2 Å². The van der Waals surface area contributed by atoms with Gasteiger partial charge < -0.3 is 10.2 Å². The molecule has 0 bridgehead atoms. The maximum Gasteiger partial charge on any atom is 0.0243 e. The van der Waals surface area contributed by atoms with E-state index in [2.05, 4.69) is 34.5 Å². The van der Waals surface area contributed by atoms with Crippen LogP contribution in [0.3, 0.4) is 0 Å². The molecule has 0 atom stereocenters. The molecule has 0 unspecified atom stereocenters. The molecule has 1 fully saturated rings. The van der Waals surface area contributed by atoms with Gasteiger partial charge in [0.25, 0.3) is 0 Å². The number of nitrogens with one attached hydrogen (secondary N) is 1. The van der Waals surface area contributed by atoms with Crippen molar-refractivity contribution >= 4 is 0 Å². The van der Waals surface area contributed by atoms with Gasteiger partial charge in [-0.2, -0.15) is 0 Å². The molecule has 94 valence electrons. The van der Waals surface area contributed by atoms with E-state index in [1.165, 1.54) is 5.56 Å². The monoisotopic (exact) mass is 235 g/mol. The molecule has 1 N–H and O–H groups in total. The summed E-state index contributed by atoms with van der Waals surface area (Å²) >= 11 is 0. The summed E-state index contributed by atoms with van der Waals surface area (Å²) in [4.78, 5) is 2.06. The van der Waals surface area contributed by atoms with Gasteiger partial charge in [0.1, 0.15) is 0 Å². The fourth-order valence-corrected chi connectivity index (χ4v) is 2.36. The summed E-state index contributed by atoms with van der Waals surface area (Å²) in [7, 11) is 0. The molecule has 0 saturated carbocycles. The lowest BCUT2D eigenvalue weighted by molar-refractivity contribution is 0.207. The van der Waals surface area contributed by atoms with Crippen LogP contribution in [-0.4, -0.2) is 37.1 Å². The summed E-state index contributed by atoms with van der Waals surface area (Å²) in [5.41, 5.74) is 1.36. The van der Waals surface area contributed by atoms with E-state index in [4.69, 9.17) is 4.11 Å². The van der Waals surface area contributed by atoms with Gasteiger partial charge in [-0.05, 0) is 51.0 Å². The van der Waals surface area contributed by atoms with Crippen LogP contribution in [0.15, 0.2) is 30.3 Å². The van der Waals surface area contributed by atoms with Crippen LogP contribution >= 0.6 is 0 Å². The average Bonchev–Trinajstić information content (AvgIpc) is 2.40. The number of likely N-dealkylation sites (tertiary alicyclic amines) is 1. The van der Waals surface area contributed by atoms with E-state index >= 15 is 0 Å². The normalized spacial score (nSPS) is 21.8. The topological polar surface area (TPSA) is 15.3 Å². The number of rotatable bonds is 5. The van der Waals surface area contributed by atoms with E-state index in [1.807, 2.05) is 6.07 Å². The van der Waals surface area contributed by atoms with Crippen LogP contribution in [0.25, 0.3) is 0 Å². The molecular formula is C15H24N2. The Labute approximate surface area is 109 Å². The van der Waals surface area contributed by atoms with E-state index in [-0.39, 0.29) is 6.54 Å². The molecule has 1 aliphatic heterocycles. The van der Waals surface area contributed by atoms with E-state index in [0.29, 0.717) is 6.04 Å². The van der Waals surface area contributed by atoms with Crippen molar-refractivity contribution in [2.75, 3.05) is 26.2 Å². The largest absolute Gasteiger partial charge is 0.314 e. The number of benzene rings is 1. The van der Waals surface area contributed by atoms with Crippen molar-refractivity contribution in [3.8, 4) is 0 Å². The van der Waals surface area contributed by atoms with E-state index in [9.17, 15) is 0 Å². The average molecular weight is 235 g/mol.